The van der Waals surface area contributed by atoms with E-state index in [4.69, 9.17) is 29.2 Å². The smallest absolute Gasteiger partial charge is 0.336 e. The molecular weight excluding hydrogens is 881 g/mol. The van der Waals surface area contributed by atoms with Crippen molar-refractivity contribution in [2.24, 2.45) is 17.8 Å². The lowest BCUT2D eigenvalue weighted by Gasteiger charge is -2.19. The van der Waals surface area contributed by atoms with Gasteiger partial charge < -0.3 is 34.3 Å². The molecule has 0 saturated carbocycles. The van der Waals surface area contributed by atoms with Crippen LogP contribution >= 0.6 is 0 Å². The van der Waals surface area contributed by atoms with Crippen LogP contribution in [0.25, 0.3) is 0 Å². The van der Waals surface area contributed by atoms with Gasteiger partial charge in [-0.1, -0.05) is 165 Å². The van der Waals surface area contributed by atoms with Crippen LogP contribution in [0.1, 0.15) is 238 Å². The lowest BCUT2D eigenvalue weighted by Crippen LogP contribution is -2.09. The summed E-state index contributed by atoms with van der Waals surface area (Å²) in [4.78, 5) is 33.4. The largest absolute Gasteiger partial charge is 0.494 e. The van der Waals surface area contributed by atoms with Crippen LogP contribution in [0.5, 0.6) is 23.0 Å². The molecule has 0 aliphatic rings. The van der Waals surface area contributed by atoms with Gasteiger partial charge in [-0.2, -0.15) is 0 Å². The Morgan fingerprint density at radius 2 is 0.829 bits per heavy atom. The van der Waals surface area contributed by atoms with E-state index in [2.05, 4.69) is 48.5 Å². The molecule has 0 aliphatic carbocycles. The molecule has 0 aliphatic heterocycles. The highest BCUT2D eigenvalue weighted by Crippen LogP contribution is 2.32. The SMILES string of the molecule is C.CCC(C)CCC(C)CC(C)CCOc1ccc(C(=O)O)c(C)c1.CCCCCCCCOc1cc(C)c(C(=O)O)cc1OCCCCCCCC.CCCCCCOc1ccc(C)c(C(=O)O)c1. The van der Waals surface area contributed by atoms with Crippen molar-refractivity contribution in [3.8, 4) is 23.0 Å². The summed E-state index contributed by atoms with van der Waals surface area (Å²) < 4.78 is 23.2. The summed E-state index contributed by atoms with van der Waals surface area (Å²) in [6.07, 6.45) is 25.2. The Kier molecular flexibility index (Phi) is 37.2. The van der Waals surface area contributed by atoms with E-state index in [0.717, 1.165) is 67.2 Å². The molecule has 0 saturated heterocycles. The van der Waals surface area contributed by atoms with Crippen LogP contribution in [0.3, 0.4) is 0 Å². The molecule has 3 aromatic rings. The highest BCUT2D eigenvalue weighted by molar-refractivity contribution is 5.91. The van der Waals surface area contributed by atoms with Gasteiger partial charge in [-0.05, 0) is 130 Å². The topological polar surface area (TPSA) is 149 Å². The van der Waals surface area contributed by atoms with Crippen LogP contribution in [0.4, 0.5) is 0 Å². The fourth-order valence-electron chi connectivity index (χ4n) is 7.93. The standard InChI is InChI=1S/C24H40O4.C21H34O3.C14H20O3.CH4/c1-4-6-8-10-12-14-16-27-22-18-20(3)21(24(25)26)19-23(22)28-17-15-13-11-9-7-5-2;1-6-15(2)7-8-16(3)13-17(4)11-12-24-19-9-10-20(21(22)23)18(5)14-19;1-3-4-5-6-9-17-12-8-7-11(2)13(10-12)14(15)16;/h18-19H,4-17H2,1-3H3,(H,25,26);9-10,14-17H,6-8,11-13H2,1-5H3,(H,22,23);7-8,10H,3-6,9H2,1-2H3,(H,15,16);1H4. The molecule has 398 valence electrons. The predicted molar refractivity (Wildman–Crippen MR) is 290 cm³/mol. The number of aryl methyl sites for hydroxylation is 3. The van der Waals surface area contributed by atoms with Gasteiger partial charge >= 0.3 is 17.9 Å². The van der Waals surface area contributed by atoms with Crippen LogP contribution in [0.2, 0.25) is 0 Å². The van der Waals surface area contributed by atoms with Crippen LogP contribution in [0, 0.1) is 38.5 Å². The molecule has 3 N–H and O–H groups in total. The van der Waals surface area contributed by atoms with Crippen LogP contribution in [-0.4, -0.2) is 59.7 Å². The molecule has 3 rings (SSSR count). The maximum absolute atomic E-state index is 11.5. The molecule has 10 nitrogen and oxygen atoms in total. The summed E-state index contributed by atoms with van der Waals surface area (Å²) in [5, 5.41) is 27.4. The van der Waals surface area contributed by atoms with E-state index in [9.17, 15) is 19.5 Å². The number of hydrogen-bond donors (Lipinski definition) is 3. The van der Waals surface area contributed by atoms with E-state index in [1.165, 1.54) is 96.3 Å². The highest BCUT2D eigenvalue weighted by Gasteiger charge is 2.16. The van der Waals surface area contributed by atoms with Gasteiger partial charge in [0.1, 0.15) is 11.5 Å². The molecule has 0 heterocycles. The minimum absolute atomic E-state index is 0. The number of hydrogen-bond acceptors (Lipinski definition) is 7. The fourth-order valence-corrected chi connectivity index (χ4v) is 7.93. The van der Waals surface area contributed by atoms with Gasteiger partial charge in [-0.3, -0.25) is 0 Å². The molecule has 3 aromatic carbocycles. The van der Waals surface area contributed by atoms with Crippen molar-refractivity contribution in [2.45, 2.75) is 212 Å². The molecule has 0 amide bonds. The first-order chi connectivity index (χ1) is 33.1. The van der Waals surface area contributed by atoms with Gasteiger partial charge in [0.15, 0.2) is 11.5 Å². The van der Waals surface area contributed by atoms with Gasteiger partial charge in [-0.25, -0.2) is 14.4 Å². The lowest BCUT2D eigenvalue weighted by atomic mass is 9.89. The Bertz CT molecular complexity index is 1850. The van der Waals surface area contributed by atoms with Gasteiger partial charge in [0.2, 0.25) is 0 Å². The highest BCUT2D eigenvalue weighted by atomic mass is 16.5. The Morgan fingerprint density at radius 3 is 1.34 bits per heavy atom. The van der Waals surface area contributed by atoms with Crippen molar-refractivity contribution in [1.29, 1.82) is 0 Å². The number of ether oxygens (including phenoxy) is 4. The summed E-state index contributed by atoms with van der Waals surface area (Å²) in [6, 6.07) is 13.8. The normalized spacial score (nSPS) is 11.9. The lowest BCUT2D eigenvalue weighted by molar-refractivity contribution is 0.0684. The number of carboxylic acid groups (broad SMARTS) is 3. The first-order valence-electron chi connectivity index (χ1n) is 26.6. The van der Waals surface area contributed by atoms with Crippen LogP contribution < -0.4 is 18.9 Å². The maximum Gasteiger partial charge on any atom is 0.336 e. The third-order valence-corrected chi connectivity index (χ3v) is 12.7. The van der Waals surface area contributed by atoms with Crippen LogP contribution in [0.15, 0.2) is 48.5 Å². The number of carbonyl (C=O) groups is 3. The molecule has 70 heavy (non-hydrogen) atoms. The summed E-state index contributed by atoms with van der Waals surface area (Å²) in [5.74, 6) is 2.16. The van der Waals surface area contributed by atoms with Gasteiger partial charge in [0.25, 0.3) is 0 Å². The molecule has 10 heteroatoms. The Balaban J connectivity index is 0.00000104. The minimum Gasteiger partial charge on any atom is -0.494 e. The quantitative estimate of drug-likeness (QED) is 0.0486. The molecule has 0 radical (unpaired) electrons. The number of aromatic carboxylic acids is 3. The molecule has 3 unspecified atom stereocenters. The van der Waals surface area contributed by atoms with E-state index in [-0.39, 0.29) is 13.0 Å². The summed E-state index contributed by atoms with van der Waals surface area (Å²) >= 11 is 0. The summed E-state index contributed by atoms with van der Waals surface area (Å²) in [7, 11) is 0. The summed E-state index contributed by atoms with van der Waals surface area (Å²) in [6.45, 7) is 23.8. The average molecular weight is 979 g/mol. The Labute approximate surface area is 425 Å². The van der Waals surface area contributed by atoms with Crippen LogP contribution in [-0.2, 0) is 0 Å². The second-order valence-electron chi connectivity index (χ2n) is 19.3. The number of unbranched alkanes of at least 4 members (excludes halogenated alkanes) is 13. The third-order valence-electron chi connectivity index (χ3n) is 12.7. The van der Waals surface area contributed by atoms with E-state index >= 15 is 0 Å². The summed E-state index contributed by atoms with van der Waals surface area (Å²) in [5.41, 5.74) is 3.15. The Morgan fingerprint density at radius 1 is 0.429 bits per heavy atom. The van der Waals surface area contributed by atoms with Crippen molar-refractivity contribution in [3.63, 3.8) is 0 Å². The number of rotatable bonds is 35. The predicted octanol–water partition coefficient (Wildman–Crippen LogP) is 17.4. The van der Waals surface area contributed by atoms with E-state index in [0.29, 0.717) is 66.3 Å². The van der Waals surface area contributed by atoms with Crippen molar-refractivity contribution in [2.75, 3.05) is 26.4 Å². The van der Waals surface area contributed by atoms with E-state index in [1.54, 1.807) is 57.2 Å². The number of carboxylic acids is 3. The molecular formula is C60H98O10. The zero-order valence-electron chi connectivity index (χ0n) is 44.7. The second kappa shape index (κ2) is 39.9. The van der Waals surface area contributed by atoms with E-state index < -0.39 is 17.9 Å². The van der Waals surface area contributed by atoms with Crippen molar-refractivity contribution in [1.82, 2.24) is 0 Å². The van der Waals surface area contributed by atoms with Gasteiger partial charge in [0, 0.05) is 0 Å². The van der Waals surface area contributed by atoms with Gasteiger partial charge in [0.05, 0.1) is 43.1 Å². The molecule has 0 bridgehead atoms. The molecule has 0 aromatic heterocycles. The molecule has 0 spiro atoms. The van der Waals surface area contributed by atoms with Crippen molar-refractivity contribution >= 4 is 17.9 Å². The zero-order valence-corrected chi connectivity index (χ0v) is 44.7. The van der Waals surface area contributed by atoms with Crippen molar-refractivity contribution < 1.29 is 48.7 Å². The molecule has 0 fully saturated rings. The number of benzene rings is 3. The third kappa shape index (κ3) is 29.5. The fraction of sp³-hybridized carbons (Fsp3) is 0.650. The molecule has 3 atom stereocenters. The first-order valence-corrected chi connectivity index (χ1v) is 26.6. The van der Waals surface area contributed by atoms with E-state index in [1.807, 2.05) is 12.1 Å². The Hall–Kier alpha value is -4.73. The zero-order chi connectivity index (χ0) is 51.4. The van der Waals surface area contributed by atoms with Gasteiger partial charge in [-0.15, -0.1) is 0 Å². The maximum atomic E-state index is 11.5. The second-order valence-corrected chi connectivity index (χ2v) is 19.3. The monoisotopic (exact) mass is 979 g/mol. The van der Waals surface area contributed by atoms with Crippen molar-refractivity contribution in [3.05, 3.63) is 81.9 Å². The minimum atomic E-state index is -0.926. The average Bonchev–Trinajstić information content (AvgIpc) is 3.31. The first kappa shape index (κ1) is 65.3.